The Labute approximate surface area is 240 Å². The van der Waals surface area contributed by atoms with Gasteiger partial charge >= 0.3 is 0 Å². The van der Waals surface area contributed by atoms with Gasteiger partial charge in [-0.15, -0.1) is 0 Å². The van der Waals surface area contributed by atoms with E-state index in [-0.39, 0.29) is 19.1 Å². The zero-order valence-corrected chi connectivity index (χ0v) is 23.3. The monoisotopic (exact) mass is 553 g/mol. The van der Waals surface area contributed by atoms with Crippen molar-refractivity contribution in [2.24, 2.45) is 5.92 Å². The first-order valence-corrected chi connectivity index (χ1v) is 13.4. The summed E-state index contributed by atoms with van der Waals surface area (Å²) in [6.07, 6.45) is 0.289. The molecule has 0 spiro atoms. The van der Waals surface area contributed by atoms with Crippen LogP contribution in [0.4, 0.5) is 0 Å². The summed E-state index contributed by atoms with van der Waals surface area (Å²) in [5.74, 6) is 0.0278. The number of Topliss-reactive ketones (excluding diaryl/α,β-unsaturated/α-hetero) is 1. The van der Waals surface area contributed by atoms with Crippen molar-refractivity contribution in [3.8, 4) is 11.5 Å². The van der Waals surface area contributed by atoms with E-state index in [0.29, 0.717) is 17.9 Å². The maximum Gasteiger partial charge on any atom is 0.225 e. The number of benzene rings is 4. The van der Waals surface area contributed by atoms with Crippen LogP contribution < -0.4 is 14.8 Å². The quantitative estimate of drug-likeness (QED) is 0.171. The number of hydrogen-bond acceptors (Lipinski definition) is 6. The van der Waals surface area contributed by atoms with E-state index in [1.54, 1.807) is 14.2 Å². The molecule has 0 saturated heterocycles. The molecule has 0 aliphatic carbocycles. The molecule has 2 N–H and O–H groups in total. The van der Waals surface area contributed by atoms with Crippen molar-refractivity contribution in [2.75, 3.05) is 27.6 Å². The van der Waals surface area contributed by atoms with E-state index < -0.39 is 23.9 Å². The van der Waals surface area contributed by atoms with E-state index in [4.69, 9.17) is 14.2 Å². The molecular formula is C34H35NO6. The number of amides is 1. The Bertz CT molecular complexity index is 1340. The molecular weight excluding hydrogens is 518 g/mol. The van der Waals surface area contributed by atoms with E-state index >= 15 is 0 Å². The van der Waals surface area contributed by atoms with E-state index in [1.807, 2.05) is 109 Å². The summed E-state index contributed by atoms with van der Waals surface area (Å²) in [4.78, 5) is 25.5. The van der Waals surface area contributed by atoms with Crippen LogP contribution >= 0.6 is 0 Å². The average molecular weight is 554 g/mol. The van der Waals surface area contributed by atoms with E-state index in [0.717, 1.165) is 22.3 Å². The van der Waals surface area contributed by atoms with Gasteiger partial charge < -0.3 is 24.6 Å². The second-order valence-corrected chi connectivity index (χ2v) is 9.62. The zero-order chi connectivity index (χ0) is 29.1. The Balaban J connectivity index is 1.68. The van der Waals surface area contributed by atoms with Crippen LogP contribution in [0.1, 0.15) is 28.7 Å². The van der Waals surface area contributed by atoms with Gasteiger partial charge in [0.15, 0.2) is 5.78 Å². The number of hydrogen-bond donors (Lipinski definition) is 2. The smallest absolute Gasteiger partial charge is 0.225 e. The van der Waals surface area contributed by atoms with Crippen LogP contribution in [0.5, 0.6) is 11.5 Å². The summed E-state index contributed by atoms with van der Waals surface area (Å²) in [7, 11) is 3.23. The van der Waals surface area contributed by atoms with Gasteiger partial charge in [0, 0.05) is 12.3 Å². The average Bonchev–Trinajstić information content (AvgIpc) is 3.04. The van der Waals surface area contributed by atoms with E-state index in [1.165, 1.54) is 0 Å². The summed E-state index contributed by atoms with van der Waals surface area (Å²) < 4.78 is 17.5. The highest BCUT2D eigenvalue weighted by Gasteiger charge is 2.38. The highest BCUT2D eigenvalue weighted by molar-refractivity contribution is 5.87. The second-order valence-electron chi connectivity index (χ2n) is 9.62. The molecule has 0 aliphatic heterocycles. The molecule has 0 radical (unpaired) electrons. The molecule has 4 aromatic carbocycles. The normalized spacial score (nSPS) is 11.9. The maximum atomic E-state index is 13.4. The van der Waals surface area contributed by atoms with Gasteiger partial charge in [0.1, 0.15) is 30.4 Å². The number of carbonyl (C=O) groups is 2. The van der Waals surface area contributed by atoms with Crippen molar-refractivity contribution in [3.63, 3.8) is 0 Å². The minimum absolute atomic E-state index is 0.0714. The maximum absolute atomic E-state index is 13.4. The molecule has 0 heterocycles. The van der Waals surface area contributed by atoms with Gasteiger partial charge in [-0.1, -0.05) is 84.9 Å². The van der Waals surface area contributed by atoms with E-state index in [9.17, 15) is 14.7 Å². The number of rotatable bonds is 14. The van der Waals surface area contributed by atoms with Crippen LogP contribution in [-0.4, -0.2) is 44.4 Å². The van der Waals surface area contributed by atoms with Crippen molar-refractivity contribution in [3.05, 3.63) is 131 Å². The van der Waals surface area contributed by atoms with Crippen molar-refractivity contribution < 1.29 is 28.9 Å². The van der Waals surface area contributed by atoms with Crippen LogP contribution in [0.3, 0.4) is 0 Å². The van der Waals surface area contributed by atoms with Crippen molar-refractivity contribution in [1.29, 1.82) is 0 Å². The van der Waals surface area contributed by atoms with E-state index in [2.05, 4.69) is 5.32 Å². The molecule has 0 aromatic heterocycles. The van der Waals surface area contributed by atoms with Gasteiger partial charge in [0.25, 0.3) is 0 Å². The molecule has 0 fully saturated rings. The van der Waals surface area contributed by atoms with Crippen LogP contribution in [0, 0.1) is 5.92 Å². The highest BCUT2D eigenvalue weighted by atomic mass is 16.5. The number of methoxy groups -OCH3 is 2. The fraction of sp³-hybridized carbons (Fsp3) is 0.235. The summed E-state index contributed by atoms with van der Waals surface area (Å²) in [6, 6.07) is 34.5. The molecule has 4 aromatic rings. The van der Waals surface area contributed by atoms with Gasteiger partial charge in [-0.05, 0) is 52.9 Å². The largest absolute Gasteiger partial charge is 0.497 e. The van der Waals surface area contributed by atoms with Gasteiger partial charge in [0.2, 0.25) is 5.91 Å². The minimum Gasteiger partial charge on any atom is -0.497 e. The molecule has 0 aliphatic rings. The molecule has 212 valence electrons. The number of aliphatic hydroxyl groups excluding tert-OH is 1. The van der Waals surface area contributed by atoms with Crippen LogP contribution in [0.15, 0.2) is 109 Å². The molecule has 41 heavy (non-hydrogen) atoms. The summed E-state index contributed by atoms with van der Waals surface area (Å²) in [5, 5.41) is 12.2. The lowest BCUT2D eigenvalue weighted by molar-refractivity contribution is -0.132. The van der Waals surface area contributed by atoms with Crippen LogP contribution in [-0.2, 0) is 26.3 Å². The predicted molar refractivity (Wildman–Crippen MR) is 157 cm³/mol. The Morgan fingerprint density at radius 1 is 0.732 bits per heavy atom. The van der Waals surface area contributed by atoms with Crippen molar-refractivity contribution >= 4 is 11.7 Å². The zero-order valence-electron chi connectivity index (χ0n) is 23.3. The number of ether oxygens (including phenoxy) is 3. The molecule has 0 unspecified atom stereocenters. The lowest BCUT2D eigenvalue weighted by atomic mass is 9.80. The van der Waals surface area contributed by atoms with Gasteiger partial charge in [-0.25, -0.2) is 0 Å². The Morgan fingerprint density at radius 3 is 1.71 bits per heavy atom. The van der Waals surface area contributed by atoms with Gasteiger partial charge in [-0.2, -0.15) is 0 Å². The topological polar surface area (TPSA) is 94.1 Å². The molecule has 4 rings (SSSR count). The minimum atomic E-state index is -1.09. The molecule has 0 saturated carbocycles. The fourth-order valence-electron chi connectivity index (χ4n) is 4.93. The van der Waals surface area contributed by atoms with Crippen LogP contribution in [0.2, 0.25) is 0 Å². The molecule has 1 atom stereocenters. The Hall–Kier alpha value is -4.46. The van der Waals surface area contributed by atoms with Gasteiger partial charge in [-0.3, -0.25) is 9.59 Å². The number of ketones is 1. The Morgan fingerprint density at radius 2 is 1.22 bits per heavy atom. The Kier molecular flexibility index (Phi) is 10.3. The molecule has 1 amide bonds. The first-order valence-electron chi connectivity index (χ1n) is 13.4. The van der Waals surface area contributed by atoms with Crippen molar-refractivity contribution in [2.45, 2.75) is 18.4 Å². The number of carbonyl (C=O) groups excluding carboxylic acids is 2. The third-order valence-electron chi connectivity index (χ3n) is 7.05. The van der Waals surface area contributed by atoms with Crippen LogP contribution in [0.25, 0.3) is 0 Å². The SMILES string of the molecule is COc1ccc(C(OCNC(=O)[C@@H](CC(=O)CO)Cc2ccccc2)(c2ccccc2)c2ccc(OC)cc2)cc1. The third kappa shape index (κ3) is 7.20. The van der Waals surface area contributed by atoms with Gasteiger partial charge in [0.05, 0.1) is 14.2 Å². The summed E-state index contributed by atoms with van der Waals surface area (Å²) >= 11 is 0. The molecule has 0 bridgehead atoms. The molecule has 7 nitrogen and oxygen atoms in total. The first-order chi connectivity index (χ1) is 20.0. The second kappa shape index (κ2) is 14.3. The summed E-state index contributed by atoms with van der Waals surface area (Å²) in [6.45, 7) is -0.745. The van der Waals surface area contributed by atoms with Crippen molar-refractivity contribution in [1.82, 2.24) is 5.32 Å². The highest BCUT2D eigenvalue weighted by Crippen LogP contribution is 2.41. The molecule has 7 heteroatoms. The number of nitrogens with one attached hydrogen (secondary N) is 1. The standard InChI is InChI=1S/C34H35NO6/c1-39-31-17-13-28(14-18-31)34(27-11-7-4-8-12-27,29-15-19-32(40-2)20-16-29)41-24-35-33(38)26(22-30(37)23-36)21-25-9-5-3-6-10-25/h3-20,26,36H,21-24H2,1-2H3,(H,35,38)/t26-/m1/s1. The lowest BCUT2D eigenvalue weighted by Gasteiger charge is -2.36. The first kappa shape index (κ1) is 29.5. The fourth-order valence-corrected chi connectivity index (χ4v) is 4.93. The predicted octanol–water partition coefficient (Wildman–Crippen LogP) is 4.90. The number of aliphatic hydroxyl groups is 1. The third-order valence-corrected chi connectivity index (χ3v) is 7.05. The lowest BCUT2D eigenvalue weighted by Crippen LogP contribution is -2.40. The summed E-state index contributed by atoms with van der Waals surface area (Å²) in [5.41, 5.74) is 2.36.